The molecule has 1 fully saturated rings. The van der Waals surface area contributed by atoms with Crippen LogP contribution in [-0.4, -0.2) is 30.5 Å². The molecule has 0 N–H and O–H groups in total. The van der Waals surface area contributed by atoms with Gasteiger partial charge in [0, 0.05) is 17.6 Å². The van der Waals surface area contributed by atoms with Crippen molar-refractivity contribution in [2.75, 3.05) is 0 Å². The summed E-state index contributed by atoms with van der Waals surface area (Å²) in [6.45, 7) is 7.31. The highest BCUT2D eigenvalue weighted by Crippen LogP contribution is 2.38. The van der Waals surface area contributed by atoms with E-state index in [0.29, 0.717) is 52.7 Å². The minimum Gasteiger partial charge on any atom is -0.323 e. The molecule has 4 aromatic rings. The summed E-state index contributed by atoms with van der Waals surface area (Å²) in [7, 11) is 0. The summed E-state index contributed by atoms with van der Waals surface area (Å²) in [6.07, 6.45) is -0.800. The molecule has 3 heterocycles. The molecule has 0 radical (unpaired) electrons. The third-order valence-electron chi connectivity index (χ3n) is 5.67. The molecule has 1 saturated carbocycles. The van der Waals surface area contributed by atoms with Crippen molar-refractivity contribution in [3.63, 3.8) is 0 Å². The molecular formula is C21H16F4N6. The Morgan fingerprint density at radius 2 is 2.00 bits per heavy atom. The van der Waals surface area contributed by atoms with Crippen molar-refractivity contribution in [3.8, 4) is 0 Å². The van der Waals surface area contributed by atoms with Crippen LogP contribution in [0, 0.1) is 6.57 Å². The first-order chi connectivity index (χ1) is 14.8. The molecule has 0 saturated heterocycles. The van der Waals surface area contributed by atoms with E-state index in [0.717, 1.165) is 12.4 Å². The molecule has 0 bridgehead atoms. The summed E-state index contributed by atoms with van der Waals surface area (Å²) >= 11 is 0. The Labute approximate surface area is 173 Å². The number of nitrogens with zero attached hydrogens (tertiary/aromatic N) is 6. The average Bonchev–Trinajstić information content (AvgIpc) is 3.45. The van der Waals surface area contributed by atoms with Crippen LogP contribution in [0.5, 0.6) is 0 Å². The van der Waals surface area contributed by atoms with E-state index < -0.39 is 17.9 Å². The third kappa shape index (κ3) is 3.40. The second kappa shape index (κ2) is 7.04. The van der Waals surface area contributed by atoms with Crippen LogP contribution in [0.15, 0.2) is 36.8 Å². The quantitative estimate of drug-likeness (QED) is 0.322. The van der Waals surface area contributed by atoms with Crippen molar-refractivity contribution in [3.05, 3.63) is 59.6 Å². The number of halogens is 4. The van der Waals surface area contributed by atoms with Crippen LogP contribution in [0.25, 0.3) is 26.8 Å². The molecule has 6 nitrogen and oxygen atoms in total. The van der Waals surface area contributed by atoms with E-state index in [1.165, 1.54) is 4.68 Å². The summed E-state index contributed by atoms with van der Waals surface area (Å²) in [4.78, 5) is 12.5. The van der Waals surface area contributed by atoms with Crippen LogP contribution in [0.2, 0.25) is 0 Å². The highest BCUT2D eigenvalue weighted by atomic mass is 19.4. The fourth-order valence-electron chi connectivity index (χ4n) is 4.27. The van der Waals surface area contributed by atoms with E-state index in [2.05, 4.69) is 19.9 Å². The van der Waals surface area contributed by atoms with Crippen molar-refractivity contribution in [2.45, 2.75) is 44.2 Å². The number of hydrogen-bond donors (Lipinski definition) is 0. The van der Waals surface area contributed by atoms with Gasteiger partial charge in [0.25, 0.3) is 0 Å². The highest BCUT2D eigenvalue weighted by Gasteiger charge is 2.33. The Balaban J connectivity index is 1.69. The van der Waals surface area contributed by atoms with Gasteiger partial charge in [-0.3, -0.25) is 9.67 Å². The number of rotatable bonds is 3. The number of imidazole rings is 1. The van der Waals surface area contributed by atoms with Gasteiger partial charge in [-0.1, -0.05) is 6.07 Å². The van der Waals surface area contributed by atoms with Gasteiger partial charge in [-0.25, -0.2) is 14.2 Å². The topological polar surface area (TPSA) is 52.9 Å². The van der Waals surface area contributed by atoms with E-state index >= 15 is 0 Å². The van der Waals surface area contributed by atoms with Gasteiger partial charge >= 0.3 is 6.18 Å². The number of hydrogen-bond acceptors (Lipinski definition) is 3. The Hall–Kier alpha value is -3.48. The molecule has 1 aliphatic carbocycles. The maximum atomic E-state index is 14.1. The Morgan fingerprint density at radius 3 is 2.68 bits per heavy atom. The summed E-state index contributed by atoms with van der Waals surface area (Å²) in [6, 6.07) is 4.95. The Morgan fingerprint density at radius 1 is 1.16 bits per heavy atom. The zero-order valence-corrected chi connectivity index (χ0v) is 16.1. The van der Waals surface area contributed by atoms with E-state index in [1.54, 1.807) is 24.4 Å². The van der Waals surface area contributed by atoms with E-state index in [-0.39, 0.29) is 12.6 Å². The lowest BCUT2D eigenvalue weighted by Crippen LogP contribution is -2.14. The van der Waals surface area contributed by atoms with Gasteiger partial charge in [-0.2, -0.15) is 18.3 Å². The van der Waals surface area contributed by atoms with Gasteiger partial charge in [-0.15, -0.1) is 0 Å². The molecule has 1 aromatic carbocycles. The van der Waals surface area contributed by atoms with Crippen LogP contribution in [0.1, 0.15) is 36.7 Å². The second-order valence-corrected chi connectivity index (χ2v) is 7.69. The van der Waals surface area contributed by atoms with E-state index in [1.807, 2.05) is 4.57 Å². The molecule has 0 spiro atoms. The van der Waals surface area contributed by atoms with Crippen molar-refractivity contribution in [1.29, 1.82) is 0 Å². The predicted octanol–water partition coefficient (Wildman–Crippen LogP) is 5.46. The standard InChI is InChI=1S/C21H16F4N6/c1-26-14-3-5-17-16(7-14)20-18(9-27-17)29-19(31(20)15-4-2-13(22)6-15)11-30-10-12(8-28-30)21(23,24)25/h3,5,7-10,13,15H,2,4,6,11H2. The molecule has 3 aromatic heterocycles. The number of pyridine rings is 1. The van der Waals surface area contributed by atoms with Gasteiger partial charge in [0.05, 0.1) is 42.1 Å². The third-order valence-corrected chi connectivity index (χ3v) is 5.67. The largest absolute Gasteiger partial charge is 0.419 e. The predicted molar refractivity (Wildman–Crippen MR) is 105 cm³/mol. The van der Waals surface area contributed by atoms with Crippen LogP contribution >= 0.6 is 0 Å². The average molecular weight is 428 g/mol. The molecule has 158 valence electrons. The zero-order chi connectivity index (χ0) is 21.8. The normalized spacial score (nSPS) is 19.3. The summed E-state index contributed by atoms with van der Waals surface area (Å²) in [5.41, 5.74) is 1.53. The summed E-state index contributed by atoms with van der Waals surface area (Å²) in [5, 5.41) is 4.55. The lowest BCUT2D eigenvalue weighted by molar-refractivity contribution is -0.137. The molecule has 1 aliphatic rings. The molecule has 10 heteroatoms. The van der Waals surface area contributed by atoms with Gasteiger partial charge in [0.2, 0.25) is 0 Å². The number of fused-ring (bicyclic) bond motifs is 3. The number of alkyl halides is 4. The molecule has 0 aliphatic heterocycles. The fraction of sp³-hybridized carbons (Fsp3) is 0.333. The monoisotopic (exact) mass is 428 g/mol. The van der Waals surface area contributed by atoms with Crippen LogP contribution in [-0.2, 0) is 12.7 Å². The number of aromatic nitrogens is 5. The van der Waals surface area contributed by atoms with E-state index in [9.17, 15) is 17.6 Å². The van der Waals surface area contributed by atoms with Crippen LogP contribution < -0.4 is 0 Å². The molecule has 2 atom stereocenters. The van der Waals surface area contributed by atoms with Crippen molar-refractivity contribution in [1.82, 2.24) is 24.3 Å². The van der Waals surface area contributed by atoms with Crippen LogP contribution in [0.4, 0.5) is 23.2 Å². The molecule has 2 unspecified atom stereocenters. The first-order valence-corrected chi connectivity index (χ1v) is 9.74. The number of benzene rings is 1. The van der Waals surface area contributed by atoms with E-state index in [4.69, 9.17) is 6.57 Å². The van der Waals surface area contributed by atoms with Gasteiger partial charge in [0.15, 0.2) is 5.69 Å². The molecule has 5 rings (SSSR count). The first kappa shape index (κ1) is 19.5. The highest BCUT2D eigenvalue weighted by molar-refractivity contribution is 6.03. The van der Waals surface area contributed by atoms with Crippen molar-refractivity contribution < 1.29 is 17.6 Å². The first-order valence-electron chi connectivity index (χ1n) is 9.74. The maximum absolute atomic E-state index is 14.1. The van der Waals surface area contributed by atoms with Crippen LogP contribution in [0.3, 0.4) is 0 Å². The summed E-state index contributed by atoms with van der Waals surface area (Å²) in [5.74, 6) is 0.480. The Kier molecular flexibility index (Phi) is 4.43. The van der Waals surface area contributed by atoms with Crippen molar-refractivity contribution >= 4 is 27.6 Å². The Bertz CT molecular complexity index is 1330. The van der Waals surface area contributed by atoms with Gasteiger partial charge in [0.1, 0.15) is 17.5 Å². The smallest absolute Gasteiger partial charge is 0.323 e. The minimum absolute atomic E-state index is 0.00220. The second-order valence-electron chi connectivity index (χ2n) is 7.69. The maximum Gasteiger partial charge on any atom is 0.419 e. The molecular weight excluding hydrogens is 412 g/mol. The van der Waals surface area contributed by atoms with Gasteiger partial charge in [-0.05, 0) is 31.4 Å². The minimum atomic E-state index is -4.48. The SMILES string of the molecule is [C-]#[N+]c1ccc2ncc3nc(Cn4cc(C(F)(F)F)cn4)n(C4CCC(F)C4)c3c2c1. The molecule has 31 heavy (non-hydrogen) atoms. The lowest BCUT2D eigenvalue weighted by atomic mass is 10.1. The molecule has 0 amide bonds. The lowest BCUT2D eigenvalue weighted by Gasteiger charge is -2.17. The van der Waals surface area contributed by atoms with Crippen molar-refractivity contribution in [2.24, 2.45) is 0 Å². The fourth-order valence-corrected chi connectivity index (χ4v) is 4.27. The summed E-state index contributed by atoms with van der Waals surface area (Å²) < 4.78 is 56.1. The zero-order valence-electron chi connectivity index (χ0n) is 16.1. The van der Waals surface area contributed by atoms with Gasteiger partial charge < -0.3 is 4.57 Å².